The minimum Gasteiger partial charge on any atom is -0.481 e. The molecule has 0 amide bonds. The van der Waals surface area contributed by atoms with E-state index in [1.165, 1.54) is 12.3 Å². The topological polar surface area (TPSA) is 114 Å². The van der Waals surface area contributed by atoms with E-state index < -0.39 is 11.8 Å². The summed E-state index contributed by atoms with van der Waals surface area (Å²) in [4.78, 5) is 31.5. The van der Waals surface area contributed by atoms with Gasteiger partial charge >= 0.3 is 5.97 Å². The van der Waals surface area contributed by atoms with Gasteiger partial charge in [-0.15, -0.1) is 0 Å². The molecule has 1 aliphatic rings. The van der Waals surface area contributed by atoms with E-state index in [9.17, 15) is 9.18 Å². The van der Waals surface area contributed by atoms with Crippen molar-refractivity contribution in [3.63, 3.8) is 0 Å². The van der Waals surface area contributed by atoms with Gasteiger partial charge in [-0.05, 0) is 62.8 Å². The number of rotatable bonds is 6. The first-order valence-corrected chi connectivity index (χ1v) is 11.3. The Hall–Kier alpha value is -3.88. The fourth-order valence-electron chi connectivity index (χ4n) is 4.38. The highest BCUT2D eigenvalue weighted by atomic mass is 19.1. The van der Waals surface area contributed by atoms with E-state index in [4.69, 9.17) is 9.84 Å². The Morgan fingerprint density at radius 3 is 2.65 bits per heavy atom. The second-order valence-electron chi connectivity index (χ2n) is 8.70. The minimum atomic E-state index is -0.750. The number of aromatic nitrogens is 5. The second kappa shape index (κ2) is 9.17. The van der Waals surface area contributed by atoms with Crippen LogP contribution >= 0.6 is 0 Å². The number of nitrogens with one attached hydrogen (secondary N) is 1. The van der Waals surface area contributed by atoms with Gasteiger partial charge in [0.1, 0.15) is 17.7 Å². The number of hydrogen-bond donors (Lipinski definition) is 2. The van der Waals surface area contributed by atoms with Crippen LogP contribution in [0.5, 0.6) is 5.88 Å². The molecule has 0 aliphatic heterocycles. The Morgan fingerprint density at radius 1 is 1.12 bits per heavy atom. The molecule has 3 aromatic heterocycles. The fourth-order valence-corrected chi connectivity index (χ4v) is 4.38. The summed E-state index contributed by atoms with van der Waals surface area (Å²) >= 11 is 0. The van der Waals surface area contributed by atoms with Crippen molar-refractivity contribution in [2.75, 3.05) is 0 Å². The zero-order chi connectivity index (χ0) is 23.7. The third-order valence-corrected chi connectivity index (χ3v) is 6.18. The van der Waals surface area contributed by atoms with Gasteiger partial charge in [0.15, 0.2) is 5.65 Å². The average Bonchev–Trinajstić information content (AvgIpc) is 3.23. The summed E-state index contributed by atoms with van der Waals surface area (Å²) in [5.74, 6) is -0.130. The molecule has 0 radical (unpaired) electrons. The van der Waals surface area contributed by atoms with E-state index >= 15 is 0 Å². The van der Waals surface area contributed by atoms with Crippen molar-refractivity contribution in [2.24, 2.45) is 5.92 Å². The van der Waals surface area contributed by atoms with Gasteiger partial charge < -0.3 is 14.8 Å². The van der Waals surface area contributed by atoms with E-state index in [0.29, 0.717) is 34.2 Å². The number of fused-ring (bicyclic) bond motifs is 1. The zero-order valence-corrected chi connectivity index (χ0v) is 18.7. The number of aryl methyl sites for hydroxylation is 1. The van der Waals surface area contributed by atoms with Crippen LogP contribution in [0.25, 0.3) is 33.8 Å². The van der Waals surface area contributed by atoms with E-state index in [1.54, 1.807) is 18.3 Å². The molecule has 2 N–H and O–H groups in total. The van der Waals surface area contributed by atoms with E-state index in [2.05, 4.69) is 24.9 Å². The molecule has 1 aromatic carbocycles. The number of H-pyrrole nitrogens is 1. The maximum absolute atomic E-state index is 14.9. The van der Waals surface area contributed by atoms with Gasteiger partial charge in [-0.3, -0.25) is 4.79 Å². The number of pyridine rings is 1. The Kier molecular flexibility index (Phi) is 5.91. The van der Waals surface area contributed by atoms with Crippen LogP contribution in [0.15, 0.2) is 42.7 Å². The molecule has 0 bridgehead atoms. The van der Waals surface area contributed by atoms with Gasteiger partial charge in [0, 0.05) is 17.7 Å². The van der Waals surface area contributed by atoms with Gasteiger partial charge in [-0.1, -0.05) is 6.07 Å². The minimum absolute atomic E-state index is 0.00371. The van der Waals surface area contributed by atoms with Crippen molar-refractivity contribution in [2.45, 2.75) is 45.1 Å². The Balaban J connectivity index is 1.26. The lowest BCUT2D eigenvalue weighted by Gasteiger charge is -2.27. The fraction of sp³-hybridized carbons (Fsp3) is 0.320. The van der Waals surface area contributed by atoms with E-state index in [1.807, 2.05) is 19.1 Å². The second-order valence-corrected chi connectivity index (χ2v) is 8.70. The summed E-state index contributed by atoms with van der Waals surface area (Å²) < 4.78 is 20.9. The van der Waals surface area contributed by atoms with Crippen LogP contribution < -0.4 is 4.74 Å². The van der Waals surface area contributed by atoms with Crippen molar-refractivity contribution < 1.29 is 19.0 Å². The number of carbonyl (C=O) groups is 1. The molecular formula is C25H24FN5O3. The molecule has 4 aromatic rings. The van der Waals surface area contributed by atoms with Crippen LogP contribution in [0.3, 0.4) is 0 Å². The van der Waals surface area contributed by atoms with Crippen molar-refractivity contribution in [3.05, 3.63) is 54.2 Å². The van der Waals surface area contributed by atoms with Crippen LogP contribution in [0.4, 0.5) is 4.39 Å². The molecule has 174 valence electrons. The predicted octanol–water partition coefficient (Wildman–Crippen LogP) is 4.94. The zero-order valence-electron chi connectivity index (χ0n) is 18.7. The lowest BCUT2D eigenvalue weighted by Crippen LogP contribution is -2.25. The molecule has 9 heteroatoms. The first kappa shape index (κ1) is 21.9. The molecule has 34 heavy (non-hydrogen) atoms. The van der Waals surface area contributed by atoms with Crippen LogP contribution in [0.1, 0.15) is 37.8 Å². The van der Waals surface area contributed by atoms with Gasteiger partial charge in [-0.2, -0.15) is 0 Å². The Labute approximate surface area is 195 Å². The maximum Gasteiger partial charge on any atom is 0.303 e. The smallest absolute Gasteiger partial charge is 0.303 e. The first-order chi connectivity index (χ1) is 16.4. The van der Waals surface area contributed by atoms with Crippen molar-refractivity contribution in [3.8, 4) is 28.5 Å². The number of ether oxygens (including phenoxy) is 1. The molecular weight excluding hydrogens is 437 g/mol. The Bertz CT molecular complexity index is 1330. The van der Waals surface area contributed by atoms with E-state index in [-0.39, 0.29) is 18.4 Å². The number of aliphatic carboxylic acids is 1. The molecule has 0 spiro atoms. The van der Waals surface area contributed by atoms with Gasteiger partial charge in [0.2, 0.25) is 5.88 Å². The number of benzene rings is 1. The van der Waals surface area contributed by atoms with Gasteiger partial charge in [0.05, 0.1) is 29.2 Å². The summed E-state index contributed by atoms with van der Waals surface area (Å²) in [6.07, 6.45) is 6.57. The Morgan fingerprint density at radius 2 is 1.94 bits per heavy atom. The highest BCUT2D eigenvalue weighted by Crippen LogP contribution is 2.30. The normalized spacial score (nSPS) is 18.2. The number of imidazole rings is 1. The number of nitrogens with zero attached hydrogens (tertiary/aromatic N) is 4. The summed E-state index contributed by atoms with van der Waals surface area (Å²) in [6.45, 7) is 1.88. The lowest BCUT2D eigenvalue weighted by molar-refractivity contribution is -0.138. The molecule has 0 unspecified atom stereocenters. The molecule has 0 atom stereocenters. The SMILES string of the molecule is Cc1ccc2[nH]c(-c3ccc(-c4cnc(OC5CCC(CC(=O)O)CC5)cn4)cc3F)nc2n1. The largest absolute Gasteiger partial charge is 0.481 e. The van der Waals surface area contributed by atoms with Crippen LogP contribution in [0, 0.1) is 18.7 Å². The van der Waals surface area contributed by atoms with Gasteiger partial charge in [0.25, 0.3) is 0 Å². The monoisotopic (exact) mass is 461 g/mol. The molecule has 1 saturated carbocycles. The number of halogens is 1. The standard InChI is InChI=1S/C25H24FN5O3/c1-14-2-9-20-25(29-14)31-24(30-20)18-8-5-16(11-19(18)26)21-12-28-22(13-27-21)34-17-6-3-15(4-7-17)10-23(32)33/h2,5,8-9,11-13,15,17H,3-4,6-7,10H2,1H3,(H,32,33)(H,29,30,31). The van der Waals surface area contributed by atoms with Crippen LogP contribution in [0.2, 0.25) is 0 Å². The summed E-state index contributed by atoms with van der Waals surface area (Å²) in [5, 5.41) is 8.94. The molecule has 1 aliphatic carbocycles. The van der Waals surface area contributed by atoms with Crippen molar-refractivity contribution >= 4 is 17.1 Å². The average molecular weight is 461 g/mol. The summed E-state index contributed by atoms with van der Waals surface area (Å²) in [5.41, 5.74) is 3.63. The lowest BCUT2D eigenvalue weighted by atomic mass is 9.85. The number of hydrogen-bond acceptors (Lipinski definition) is 6. The van der Waals surface area contributed by atoms with Gasteiger partial charge in [-0.25, -0.2) is 24.3 Å². The molecule has 5 rings (SSSR count). The molecule has 1 fully saturated rings. The first-order valence-electron chi connectivity index (χ1n) is 11.3. The third-order valence-electron chi connectivity index (χ3n) is 6.18. The quantitative estimate of drug-likeness (QED) is 0.418. The molecule has 0 saturated heterocycles. The van der Waals surface area contributed by atoms with Crippen molar-refractivity contribution in [1.82, 2.24) is 24.9 Å². The summed E-state index contributed by atoms with van der Waals surface area (Å²) in [7, 11) is 0. The molecule has 8 nitrogen and oxygen atoms in total. The maximum atomic E-state index is 14.9. The highest BCUT2D eigenvalue weighted by Gasteiger charge is 2.24. The number of aromatic amines is 1. The van der Waals surface area contributed by atoms with Crippen molar-refractivity contribution in [1.29, 1.82) is 0 Å². The number of carboxylic acids is 1. The highest BCUT2D eigenvalue weighted by molar-refractivity contribution is 5.77. The third kappa shape index (κ3) is 4.73. The van der Waals surface area contributed by atoms with Crippen LogP contribution in [-0.2, 0) is 4.79 Å². The summed E-state index contributed by atoms with van der Waals surface area (Å²) in [6, 6.07) is 8.60. The van der Waals surface area contributed by atoms with Crippen LogP contribution in [-0.4, -0.2) is 42.1 Å². The number of carboxylic acid groups (broad SMARTS) is 1. The molecule has 3 heterocycles. The van der Waals surface area contributed by atoms with E-state index in [0.717, 1.165) is 36.9 Å². The predicted molar refractivity (Wildman–Crippen MR) is 124 cm³/mol.